The van der Waals surface area contributed by atoms with Crippen LogP contribution < -0.4 is 10.1 Å². The summed E-state index contributed by atoms with van der Waals surface area (Å²) in [6.45, 7) is -0.366. The molecule has 15 heteroatoms. The number of nitrogens with one attached hydrogen (secondary N) is 1. The van der Waals surface area contributed by atoms with Crippen LogP contribution >= 0.6 is 46.1 Å². The Balaban J connectivity index is 1.48. The molecule has 1 saturated heterocycles. The molecule has 10 nitrogen and oxygen atoms in total. The van der Waals surface area contributed by atoms with Gasteiger partial charge in [0.2, 0.25) is 10.0 Å². The summed E-state index contributed by atoms with van der Waals surface area (Å²) in [6, 6.07) is 9.39. The zero-order chi connectivity index (χ0) is 28.5. The van der Waals surface area contributed by atoms with E-state index in [4.69, 9.17) is 44.6 Å². The first-order valence-corrected chi connectivity index (χ1v) is 14.7. The summed E-state index contributed by atoms with van der Waals surface area (Å²) in [6.07, 6.45) is 0.934. The van der Waals surface area contributed by atoms with Crippen LogP contribution in [0.3, 0.4) is 0 Å². The number of sulfonamides is 1. The number of aromatic carboxylic acids is 1. The first-order valence-electron chi connectivity index (χ1n) is 11.3. The highest BCUT2D eigenvalue weighted by atomic mass is 35.5. The van der Waals surface area contributed by atoms with Crippen LogP contribution in [0.4, 0.5) is 5.69 Å². The van der Waals surface area contributed by atoms with Gasteiger partial charge in [-0.15, -0.1) is 11.3 Å². The molecule has 0 radical (unpaired) electrons. The maximum atomic E-state index is 13.1. The Bertz CT molecular complexity index is 1540. The van der Waals surface area contributed by atoms with Gasteiger partial charge < -0.3 is 25.4 Å². The van der Waals surface area contributed by atoms with Crippen molar-refractivity contribution in [2.75, 3.05) is 25.0 Å². The fraction of sp³-hybridized carbons (Fsp3) is 0.250. The Hall–Kier alpha value is -2.74. The molecule has 0 bridgehead atoms. The third kappa shape index (κ3) is 6.37. The lowest BCUT2D eigenvalue weighted by molar-refractivity contribution is -0.139. The number of aliphatic carboxylic acids is 1. The van der Waals surface area contributed by atoms with Crippen molar-refractivity contribution in [3.8, 4) is 21.9 Å². The molecule has 0 atom stereocenters. The van der Waals surface area contributed by atoms with Gasteiger partial charge in [-0.05, 0) is 42.7 Å². The maximum Gasteiger partial charge on any atom is 0.349 e. The number of hydrogen-bond acceptors (Lipinski definition) is 8. The van der Waals surface area contributed by atoms with Crippen molar-refractivity contribution in [3.63, 3.8) is 0 Å². The molecule has 2 aromatic carbocycles. The molecule has 208 valence electrons. The van der Waals surface area contributed by atoms with E-state index in [-0.39, 0.29) is 49.7 Å². The summed E-state index contributed by atoms with van der Waals surface area (Å²) >= 11 is 19.1. The van der Waals surface area contributed by atoms with Crippen LogP contribution in [-0.2, 0) is 14.8 Å². The number of carboxylic acid groups (broad SMARTS) is 2. The second-order valence-corrected chi connectivity index (χ2v) is 12.7. The number of thiophene rings is 1. The number of carbonyl (C=O) groups is 2. The van der Waals surface area contributed by atoms with E-state index in [1.807, 2.05) is 0 Å². The molecular weight excluding hydrogens is 615 g/mol. The molecule has 4 N–H and O–H groups in total. The third-order valence-electron chi connectivity index (χ3n) is 5.90. The Morgan fingerprint density at radius 3 is 2.44 bits per heavy atom. The number of benzene rings is 2. The number of piperidine rings is 1. The first-order chi connectivity index (χ1) is 18.4. The van der Waals surface area contributed by atoms with E-state index in [2.05, 4.69) is 5.32 Å². The average Bonchev–Trinajstić information content (AvgIpc) is 3.21. The number of ether oxygens (including phenoxy) is 1. The number of aromatic hydroxyl groups is 1. The minimum Gasteiger partial charge on any atom is -0.505 e. The molecule has 0 spiro atoms. The van der Waals surface area contributed by atoms with Crippen molar-refractivity contribution >= 4 is 73.8 Å². The van der Waals surface area contributed by atoms with Gasteiger partial charge in [0.25, 0.3) is 0 Å². The van der Waals surface area contributed by atoms with Crippen LogP contribution in [0.1, 0.15) is 22.5 Å². The maximum absolute atomic E-state index is 13.1. The van der Waals surface area contributed by atoms with Crippen molar-refractivity contribution < 1.29 is 38.1 Å². The molecule has 39 heavy (non-hydrogen) atoms. The lowest BCUT2D eigenvalue weighted by atomic mass is 10.1. The second kappa shape index (κ2) is 11.8. The number of hydrogen-bond donors (Lipinski definition) is 4. The highest BCUT2D eigenvalue weighted by Gasteiger charge is 2.32. The zero-order valence-corrected chi connectivity index (χ0v) is 23.8. The molecule has 0 amide bonds. The molecule has 2 heterocycles. The van der Waals surface area contributed by atoms with E-state index in [9.17, 15) is 28.2 Å². The van der Waals surface area contributed by atoms with Crippen molar-refractivity contribution in [2.45, 2.75) is 23.8 Å². The van der Waals surface area contributed by atoms with Gasteiger partial charge in [0.15, 0.2) is 23.0 Å². The van der Waals surface area contributed by atoms with Gasteiger partial charge in [-0.1, -0.05) is 46.9 Å². The normalized spacial score (nSPS) is 14.7. The Kier molecular flexibility index (Phi) is 8.84. The predicted octanol–water partition coefficient (Wildman–Crippen LogP) is 5.51. The van der Waals surface area contributed by atoms with Gasteiger partial charge in [0.05, 0.1) is 9.90 Å². The summed E-state index contributed by atoms with van der Waals surface area (Å²) < 4.78 is 32.6. The molecule has 1 fully saturated rings. The van der Waals surface area contributed by atoms with Gasteiger partial charge in [0.1, 0.15) is 9.92 Å². The number of nitrogens with zero attached hydrogens (tertiary/aromatic N) is 1. The van der Waals surface area contributed by atoms with Crippen LogP contribution in [-0.4, -0.2) is 65.7 Å². The summed E-state index contributed by atoms with van der Waals surface area (Å²) in [4.78, 5) is 22.4. The van der Waals surface area contributed by atoms with Crippen LogP contribution in [0, 0.1) is 0 Å². The topological polar surface area (TPSA) is 153 Å². The van der Waals surface area contributed by atoms with Crippen molar-refractivity contribution in [1.29, 1.82) is 0 Å². The lowest BCUT2D eigenvalue weighted by Gasteiger charge is -2.32. The highest BCUT2D eigenvalue weighted by molar-refractivity contribution is 7.89. The van der Waals surface area contributed by atoms with E-state index in [0.717, 1.165) is 17.4 Å². The van der Waals surface area contributed by atoms with Gasteiger partial charge in [-0.25, -0.2) is 18.0 Å². The standard InChI is InChI=1S/C24H21Cl3N2O8S2/c25-13-9-16(26)20(32)17(10-13)39(35,36)29-6-4-14(5-7-29)28-15-3-1-2-12(8-15)22-19(27)21(37-11-18(30)31)23(38-22)24(33)34/h1-3,8-10,14,28,32H,4-7,11H2,(H,30,31)(H,33,34). The van der Waals surface area contributed by atoms with E-state index < -0.39 is 34.3 Å². The largest absolute Gasteiger partial charge is 0.505 e. The Morgan fingerprint density at radius 2 is 1.79 bits per heavy atom. The first kappa shape index (κ1) is 29.2. The van der Waals surface area contributed by atoms with Crippen LogP contribution in [0.2, 0.25) is 15.1 Å². The molecule has 3 aromatic rings. The summed E-state index contributed by atoms with van der Waals surface area (Å²) in [7, 11) is -4.02. The fourth-order valence-corrected chi connectivity index (χ4v) is 7.71. The molecule has 1 aliphatic heterocycles. The zero-order valence-electron chi connectivity index (χ0n) is 19.9. The molecule has 1 aromatic heterocycles. The average molecular weight is 636 g/mol. The molecule has 4 rings (SSSR count). The number of carboxylic acids is 2. The Labute approximate surface area is 242 Å². The summed E-state index contributed by atoms with van der Waals surface area (Å²) in [5.41, 5.74) is 1.29. The van der Waals surface area contributed by atoms with Gasteiger partial charge >= 0.3 is 11.9 Å². The summed E-state index contributed by atoms with van der Waals surface area (Å²) in [5.74, 6) is -3.32. The number of halogens is 3. The van der Waals surface area contributed by atoms with Crippen molar-refractivity contribution in [1.82, 2.24) is 4.31 Å². The van der Waals surface area contributed by atoms with E-state index in [1.54, 1.807) is 24.3 Å². The summed E-state index contributed by atoms with van der Waals surface area (Å²) in [5, 5.41) is 31.9. The quantitative estimate of drug-likeness (QED) is 0.238. The van der Waals surface area contributed by atoms with Gasteiger partial charge in [-0.2, -0.15) is 4.31 Å². The van der Waals surface area contributed by atoms with Crippen LogP contribution in [0.15, 0.2) is 41.3 Å². The minimum absolute atomic E-state index is 0.00122. The SMILES string of the molecule is O=C(O)COc1c(C(=O)O)sc(-c2cccc(NC3CCN(S(=O)(=O)c4cc(Cl)cc(Cl)c4O)CC3)c2)c1Cl. The number of rotatable bonds is 9. The molecular formula is C24H21Cl3N2O8S2. The smallest absolute Gasteiger partial charge is 0.349 e. The minimum atomic E-state index is -4.02. The van der Waals surface area contributed by atoms with E-state index in [1.165, 1.54) is 10.4 Å². The highest BCUT2D eigenvalue weighted by Crippen LogP contribution is 2.46. The third-order valence-corrected chi connectivity index (χ3v) is 10.0. The number of phenolic OH excluding ortho intramolecular Hbond substituents is 1. The van der Waals surface area contributed by atoms with E-state index >= 15 is 0 Å². The number of phenols is 1. The van der Waals surface area contributed by atoms with Crippen molar-refractivity contribution in [2.24, 2.45) is 0 Å². The lowest BCUT2D eigenvalue weighted by Crippen LogP contribution is -2.42. The van der Waals surface area contributed by atoms with Crippen LogP contribution in [0.5, 0.6) is 11.5 Å². The Morgan fingerprint density at radius 1 is 1.10 bits per heavy atom. The molecule has 0 aliphatic carbocycles. The fourth-order valence-electron chi connectivity index (χ4n) is 4.09. The van der Waals surface area contributed by atoms with Crippen LogP contribution in [0.25, 0.3) is 10.4 Å². The van der Waals surface area contributed by atoms with Crippen molar-refractivity contribution in [3.05, 3.63) is 56.3 Å². The number of anilines is 1. The van der Waals surface area contributed by atoms with E-state index in [0.29, 0.717) is 29.0 Å². The monoisotopic (exact) mass is 634 g/mol. The molecule has 0 unspecified atom stereocenters. The molecule has 1 aliphatic rings. The van der Waals surface area contributed by atoms with Gasteiger partial charge in [-0.3, -0.25) is 0 Å². The second-order valence-electron chi connectivity index (χ2n) is 8.53. The molecule has 0 saturated carbocycles. The van der Waals surface area contributed by atoms with Gasteiger partial charge in [0, 0.05) is 29.8 Å². The predicted molar refractivity (Wildman–Crippen MR) is 148 cm³/mol.